The highest BCUT2D eigenvalue weighted by Crippen LogP contribution is 2.38. The van der Waals surface area contributed by atoms with Gasteiger partial charge in [0.2, 0.25) is 0 Å². The molecule has 24 heavy (non-hydrogen) atoms. The van der Waals surface area contributed by atoms with Gasteiger partial charge in [-0.25, -0.2) is 4.79 Å². The van der Waals surface area contributed by atoms with Gasteiger partial charge in [-0.05, 0) is 38.8 Å². The summed E-state index contributed by atoms with van der Waals surface area (Å²) in [5.74, 6) is -0.473. The zero-order valence-corrected chi connectivity index (χ0v) is 14.1. The third-order valence-corrected chi connectivity index (χ3v) is 3.84. The van der Waals surface area contributed by atoms with Crippen LogP contribution in [-0.4, -0.2) is 35.7 Å². The average Bonchev–Trinajstić information content (AvgIpc) is 2.44. The molecule has 0 spiro atoms. The Labute approximate surface area is 139 Å². The van der Waals surface area contributed by atoms with Gasteiger partial charge < -0.3 is 15.4 Å². The molecule has 1 aliphatic heterocycles. The molecule has 0 unspecified atom stereocenters. The average molecular weight is 344 g/mol. The lowest BCUT2D eigenvalue weighted by molar-refractivity contribution is -0.138. The quantitative estimate of drug-likeness (QED) is 0.844. The fourth-order valence-corrected chi connectivity index (χ4v) is 2.95. The van der Waals surface area contributed by atoms with Gasteiger partial charge in [-0.3, -0.25) is 0 Å². The van der Waals surface area contributed by atoms with Gasteiger partial charge in [-0.15, -0.1) is 0 Å². The van der Waals surface area contributed by atoms with E-state index in [2.05, 4.69) is 0 Å². The van der Waals surface area contributed by atoms with Crippen molar-refractivity contribution in [3.63, 3.8) is 0 Å². The van der Waals surface area contributed by atoms with Crippen molar-refractivity contribution < 1.29 is 22.7 Å². The molecule has 1 heterocycles. The lowest BCUT2D eigenvalue weighted by Crippen LogP contribution is -2.50. The second-order valence-corrected chi connectivity index (χ2v) is 7.16. The Hall–Kier alpha value is -1.76. The lowest BCUT2D eigenvalue weighted by Gasteiger charge is -2.38. The number of nitrogens with two attached hydrogens (primary N) is 1. The molecule has 2 atom stereocenters. The van der Waals surface area contributed by atoms with Gasteiger partial charge in [-0.1, -0.05) is 18.2 Å². The number of rotatable bonds is 1. The van der Waals surface area contributed by atoms with E-state index in [9.17, 15) is 18.0 Å². The van der Waals surface area contributed by atoms with Crippen LogP contribution in [0.4, 0.5) is 18.0 Å². The first-order valence-corrected chi connectivity index (χ1v) is 7.87. The second kappa shape index (κ2) is 6.63. The zero-order chi connectivity index (χ0) is 18.1. The molecule has 0 aliphatic carbocycles. The number of piperidine rings is 1. The van der Waals surface area contributed by atoms with E-state index in [0.29, 0.717) is 6.42 Å². The number of amides is 1. The Balaban J connectivity index is 2.25. The van der Waals surface area contributed by atoms with Gasteiger partial charge >= 0.3 is 12.3 Å². The summed E-state index contributed by atoms with van der Waals surface area (Å²) in [6.45, 7) is 5.66. The second-order valence-electron chi connectivity index (χ2n) is 7.16. The minimum atomic E-state index is -4.44. The van der Waals surface area contributed by atoms with E-state index in [1.54, 1.807) is 26.8 Å². The molecule has 1 saturated heterocycles. The minimum absolute atomic E-state index is 0.162. The fraction of sp³-hybridized carbons (Fsp3) is 0.588. The molecule has 0 aromatic heterocycles. The molecular weight excluding hydrogens is 321 g/mol. The smallest absolute Gasteiger partial charge is 0.416 e. The van der Waals surface area contributed by atoms with E-state index in [1.165, 1.54) is 17.0 Å². The number of nitrogens with zero attached hydrogens (tertiary/aromatic N) is 1. The van der Waals surface area contributed by atoms with Crippen LogP contribution in [0.2, 0.25) is 0 Å². The Bertz CT molecular complexity index is 596. The van der Waals surface area contributed by atoms with E-state index in [4.69, 9.17) is 10.5 Å². The first kappa shape index (κ1) is 18.6. The number of hydrogen-bond donors (Lipinski definition) is 1. The highest BCUT2D eigenvalue weighted by molar-refractivity contribution is 5.68. The maximum atomic E-state index is 13.2. The summed E-state index contributed by atoms with van der Waals surface area (Å²) in [4.78, 5) is 13.6. The van der Waals surface area contributed by atoms with Gasteiger partial charge in [0.05, 0.1) is 5.56 Å². The van der Waals surface area contributed by atoms with Gasteiger partial charge in [0.1, 0.15) is 5.60 Å². The molecule has 1 aromatic carbocycles. The molecule has 0 bridgehead atoms. The monoisotopic (exact) mass is 344 g/mol. The molecule has 4 nitrogen and oxygen atoms in total. The SMILES string of the molecule is CC(C)(C)OC(=O)N1C[C@@H](N)C[C@H](c2ccccc2C(F)(F)F)C1. The Morgan fingerprint density at radius 3 is 2.42 bits per heavy atom. The molecule has 7 heteroatoms. The van der Waals surface area contributed by atoms with Crippen LogP contribution in [-0.2, 0) is 10.9 Å². The van der Waals surface area contributed by atoms with E-state index in [0.717, 1.165) is 6.07 Å². The molecule has 134 valence electrons. The van der Waals surface area contributed by atoms with E-state index >= 15 is 0 Å². The van der Waals surface area contributed by atoms with Crippen LogP contribution in [0, 0.1) is 0 Å². The van der Waals surface area contributed by atoms with E-state index in [-0.39, 0.29) is 18.7 Å². The summed E-state index contributed by atoms with van der Waals surface area (Å²) < 4.78 is 45.0. The Morgan fingerprint density at radius 2 is 1.83 bits per heavy atom. The number of likely N-dealkylation sites (tertiary alicyclic amines) is 1. The summed E-state index contributed by atoms with van der Waals surface area (Å²) in [6.07, 6.45) is -4.59. The summed E-state index contributed by atoms with van der Waals surface area (Å²) in [6, 6.07) is 5.06. The first-order valence-electron chi connectivity index (χ1n) is 7.87. The first-order chi connectivity index (χ1) is 11.0. The van der Waals surface area contributed by atoms with Crippen molar-refractivity contribution in [2.75, 3.05) is 13.1 Å². The number of benzene rings is 1. The molecule has 2 rings (SSSR count). The predicted octanol–water partition coefficient (Wildman–Crippen LogP) is 3.76. The molecule has 0 saturated carbocycles. The summed E-state index contributed by atoms with van der Waals surface area (Å²) in [5, 5.41) is 0. The van der Waals surface area contributed by atoms with Crippen LogP contribution >= 0.6 is 0 Å². The number of ether oxygens (including phenoxy) is 1. The van der Waals surface area contributed by atoms with Gasteiger partial charge in [0.15, 0.2) is 0 Å². The van der Waals surface area contributed by atoms with E-state index < -0.39 is 35.4 Å². The molecule has 2 N–H and O–H groups in total. The minimum Gasteiger partial charge on any atom is -0.444 e. The number of carbonyl (C=O) groups excluding carboxylic acids is 1. The van der Waals surface area contributed by atoms with Crippen molar-refractivity contribution in [1.82, 2.24) is 4.90 Å². The van der Waals surface area contributed by atoms with Crippen LogP contribution in [0.15, 0.2) is 24.3 Å². The third kappa shape index (κ3) is 4.63. The molecule has 1 aromatic rings. The van der Waals surface area contributed by atoms with Crippen LogP contribution in [0.3, 0.4) is 0 Å². The van der Waals surface area contributed by atoms with Crippen molar-refractivity contribution in [2.24, 2.45) is 5.73 Å². The summed E-state index contributed by atoms with van der Waals surface area (Å²) >= 11 is 0. The molecule has 0 radical (unpaired) electrons. The fourth-order valence-electron chi connectivity index (χ4n) is 2.95. The highest BCUT2D eigenvalue weighted by atomic mass is 19.4. The van der Waals surface area contributed by atoms with E-state index in [1.807, 2.05) is 0 Å². The lowest BCUT2D eigenvalue weighted by atomic mass is 9.85. The number of halogens is 3. The molecular formula is C17H23F3N2O2. The van der Waals surface area contributed by atoms with Gasteiger partial charge in [-0.2, -0.15) is 13.2 Å². The van der Waals surface area contributed by atoms with Crippen molar-refractivity contribution in [2.45, 2.75) is 50.9 Å². The zero-order valence-electron chi connectivity index (χ0n) is 14.1. The largest absolute Gasteiger partial charge is 0.444 e. The number of hydrogen-bond acceptors (Lipinski definition) is 3. The maximum absolute atomic E-state index is 13.2. The predicted molar refractivity (Wildman–Crippen MR) is 84.6 cm³/mol. The Kier molecular flexibility index (Phi) is 5.13. The van der Waals surface area contributed by atoms with Gasteiger partial charge in [0, 0.05) is 25.0 Å². The summed E-state index contributed by atoms with van der Waals surface area (Å²) in [7, 11) is 0. The van der Waals surface area contributed by atoms with Gasteiger partial charge in [0.25, 0.3) is 0 Å². The van der Waals surface area contributed by atoms with Crippen LogP contribution in [0.25, 0.3) is 0 Å². The molecule has 1 amide bonds. The van der Waals surface area contributed by atoms with Crippen molar-refractivity contribution in [1.29, 1.82) is 0 Å². The Morgan fingerprint density at radius 1 is 1.21 bits per heavy atom. The van der Waals surface area contributed by atoms with Crippen molar-refractivity contribution in [3.8, 4) is 0 Å². The molecule has 1 fully saturated rings. The van der Waals surface area contributed by atoms with Crippen LogP contribution in [0.1, 0.15) is 44.2 Å². The standard InChI is InChI=1S/C17H23F3N2O2/c1-16(2,3)24-15(23)22-9-11(8-12(21)10-22)13-6-4-5-7-14(13)17(18,19)20/h4-7,11-12H,8-10,21H2,1-3H3/t11-,12-/m0/s1. The highest BCUT2D eigenvalue weighted by Gasteiger charge is 2.38. The van der Waals surface area contributed by atoms with Crippen molar-refractivity contribution >= 4 is 6.09 Å². The van der Waals surface area contributed by atoms with Crippen molar-refractivity contribution in [3.05, 3.63) is 35.4 Å². The third-order valence-electron chi connectivity index (χ3n) is 3.84. The number of carbonyl (C=O) groups is 1. The topological polar surface area (TPSA) is 55.6 Å². The number of alkyl halides is 3. The van der Waals surface area contributed by atoms with Crippen LogP contribution < -0.4 is 5.73 Å². The summed E-state index contributed by atoms with van der Waals surface area (Å²) in [5.41, 5.74) is 4.82. The maximum Gasteiger partial charge on any atom is 0.416 e. The molecule has 1 aliphatic rings. The normalized spacial score (nSPS) is 22.4. The van der Waals surface area contributed by atoms with Crippen LogP contribution in [0.5, 0.6) is 0 Å².